The molecule has 0 bridgehead atoms. The Hall–Kier alpha value is -4.19. The molecule has 6 nitrogen and oxygen atoms in total. The molecule has 0 unspecified atom stereocenters. The number of anilines is 1. The van der Waals surface area contributed by atoms with E-state index in [1.165, 1.54) is 6.07 Å². The first-order valence-corrected chi connectivity index (χ1v) is 9.96. The Bertz CT molecular complexity index is 1270. The fraction of sp³-hybridized carbons (Fsp3) is 0.0800. The van der Waals surface area contributed by atoms with Gasteiger partial charge in [0.2, 0.25) is 0 Å². The molecule has 1 heterocycles. The van der Waals surface area contributed by atoms with E-state index in [1.54, 1.807) is 42.5 Å². The molecule has 1 amide bonds. The molecular formula is C25H21N3O3. The zero-order valence-electron chi connectivity index (χ0n) is 17.0. The predicted molar refractivity (Wildman–Crippen MR) is 121 cm³/mol. The molecule has 0 spiro atoms. The molecule has 3 aromatic carbocycles. The van der Waals surface area contributed by atoms with E-state index < -0.39 is 0 Å². The lowest BCUT2D eigenvalue weighted by Crippen LogP contribution is -2.12. The molecule has 0 radical (unpaired) electrons. The number of amides is 1. The van der Waals surface area contributed by atoms with Gasteiger partial charge in [0.05, 0.1) is 0 Å². The van der Waals surface area contributed by atoms with Crippen molar-refractivity contribution in [2.24, 2.45) is 0 Å². The second-order valence-corrected chi connectivity index (χ2v) is 6.92. The minimum absolute atomic E-state index is 0.202. The van der Waals surface area contributed by atoms with Crippen molar-refractivity contribution >= 4 is 11.6 Å². The fourth-order valence-electron chi connectivity index (χ4n) is 3.10. The van der Waals surface area contributed by atoms with E-state index >= 15 is 0 Å². The molecule has 0 aliphatic carbocycles. The lowest BCUT2D eigenvalue weighted by Gasteiger charge is -2.10. The molecule has 0 atom stereocenters. The van der Waals surface area contributed by atoms with Crippen LogP contribution in [-0.2, 0) is 6.42 Å². The summed E-state index contributed by atoms with van der Waals surface area (Å²) in [6, 6.07) is 25.1. The van der Waals surface area contributed by atoms with Gasteiger partial charge in [0.1, 0.15) is 17.3 Å². The number of benzene rings is 3. The highest BCUT2D eigenvalue weighted by Crippen LogP contribution is 2.23. The number of aromatic nitrogens is 2. The summed E-state index contributed by atoms with van der Waals surface area (Å²) < 4.78 is 5.81. The Morgan fingerprint density at radius 3 is 2.52 bits per heavy atom. The first kappa shape index (κ1) is 20.1. The molecule has 4 rings (SSSR count). The summed E-state index contributed by atoms with van der Waals surface area (Å²) in [6.45, 7) is 1.94. The van der Waals surface area contributed by atoms with E-state index in [9.17, 15) is 9.59 Å². The van der Waals surface area contributed by atoms with Crippen molar-refractivity contribution in [3.8, 4) is 22.9 Å². The van der Waals surface area contributed by atoms with Gasteiger partial charge in [-0.2, -0.15) is 0 Å². The van der Waals surface area contributed by atoms with Crippen molar-refractivity contribution in [1.29, 1.82) is 0 Å². The lowest BCUT2D eigenvalue weighted by molar-refractivity contribution is 0.102. The van der Waals surface area contributed by atoms with Crippen molar-refractivity contribution in [3.63, 3.8) is 0 Å². The molecule has 2 N–H and O–H groups in total. The summed E-state index contributed by atoms with van der Waals surface area (Å²) in [4.78, 5) is 31.9. The van der Waals surface area contributed by atoms with Crippen LogP contribution in [0.3, 0.4) is 0 Å². The monoisotopic (exact) mass is 411 g/mol. The first-order chi connectivity index (χ1) is 15.1. The third-order valence-corrected chi connectivity index (χ3v) is 4.63. The van der Waals surface area contributed by atoms with Crippen molar-refractivity contribution < 1.29 is 9.53 Å². The minimum Gasteiger partial charge on any atom is -0.457 e. The SMILES string of the molecule is CCc1cc(=O)[nH]c(-c2cccc(NC(=O)c3cccc(Oc4ccccc4)c3)c2)n1. The van der Waals surface area contributed by atoms with Crippen LogP contribution in [-0.4, -0.2) is 15.9 Å². The maximum Gasteiger partial charge on any atom is 0.255 e. The van der Waals surface area contributed by atoms with E-state index in [-0.39, 0.29) is 11.5 Å². The maximum atomic E-state index is 12.8. The largest absolute Gasteiger partial charge is 0.457 e. The highest BCUT2D eigenvalue weighted by atomic mass is 16.5. The van der Waals surface area contributed by atoms with Crippen LogP contribution >= 0.6 is 0 Å². The van der Waals surface area contributed by atoms with Crippen molar-refractivity contribution in [1.82, 2.24) is 9.97 Å². The van der Waals surface area contributed by atoms with Gasteiger partial charge in [-0.25, -0.2) is 4.98 Å². The molecule has 0 aliphatic heterocycles. The summed E-state index contributed by atoms with van der Waals surface area (Å²) in [5, 5.41) is 2.89. The van der Waals surface area contributed by atoms with Crippen LogP contribution in [0, 0.1) is 0 Å². The van der Waals surface area contributed by atoms with E-state index in [2.05, 4.69) is 15.3 Å². The zero-order valence-corrected chi connectivity index (χ0v) is 17.0. The number of nitrogens with one attached hydrogen (secondary N) is 2. The molecule has 0 fully saturated rings. The molecule has 0 saturated carbocycles. The van der Waals surface area contributed by atoms with Gasteiger partial charge in [0, 0.05) is 28.6 Å². The van der Waals surface area contributed by atoms with Gasteiger partial charge in [-0.05, 0) is 48.9 Å². The fourth-order valence-corrected chi connectivity index (χ4v) is 3.10. The summed E-state index contributed by atoms with van der Waals surface area (Å²) in [5.41, 5.74) is 2.29. The average molecular weight is 411 g/mol. The van der Waals surface area contributed by atoms with E-state index in [0.717, 1.165) is 0 Å². The maximum absolute atomic E-state index is 12.8. The van der Waals surface area contributed by atoms with Gasteiger partial charge < -0.3 is 15.0 Å². The third kappa shape index (κ3) is 5.05. The third-order valence-electron chi connectivity index (χ3n) is 4.63. The van der Waals surface area contributed by atoms with Crippen LogP contribution < -0.4 is 15.6 Å². The summed E-state index contributed by atoms with van der Waals surface area (Å²) in [6.07, 6.45) is 0.661. The second-order valence-electron chi connectivity index (χ2n) is 6.92. The van der Waals surface area contributed by atoms with Crippen LogP contribution in [0.25, 0.3) is 11.4 Å². The van der Waals surface area contributed by atoms with E-state index in [1.807, 2.05) is 43.3 Å². The molecule has 154 valence electrons. The Morgan fingerprint density at radius 1 is 0.935 bits per heavy atom. The number of nitrogens with zero attached hydrogens (tertiary/aromatic N) is 1. The van der Waals surface area contributed by atoms with Crippen LogP contribution in [0.2, 0.25) is 0 Å². The molecule has 0 aliphatic rings. The Balaban J connectivity index is 1.53. The number of carbonyl (C=O) groups is 1. The number of aromatic amines is 1. The Labute approximate surface area is 179 Å². The minimum atomic E-state index is -0.264. The highest BCUT2D eigenvalue weighted by molar-refractivity contribution is 6.04. The highest BCUT2D eigenvalue weighted by Gasteiger charge is 2.10. The predicted octanol–water partition coefficient (Wildman–Crippen LogP) is 5.04. The van der Waals surface area contributed by atoms with Gasteiger partial charge in [-0.15, -0.1) is 0 Å². The van der Waals surface area contributed by atoms with Gasteiger partial charge in [0.25, 0.3) is 11.5 Å². The summed E-state index contributed by atoms with van der Waals surface area (Å²) >= 11 is 0. The molecule has 1 aromatic heterocycles. The van der Waals surface area contributed by atoms with Crippen LogP contribution in [0.5, 0.6) is 11.5 Å². The summed E-state index contributed by atoms with van der Waals surface area (Å²) in [5.74, 6) is 1.48. The molecule has 0 saturated heterocycles. The molecule has 4 aromatic rings. The number of carbonyl (C=O) groups excluding carboxylic acids is 1. The smallest absolute Gasteiger partial charge is 0.255 e. The zero-order chi connectivity index (χ0) is 21.6. The number of para-hydroxylation sites is 1. The van der Waals surface area contributed by atoms with Crippen molar-refractivity contribution in [2.45, 2.75) is 13.3 Å². The first-order valence-electron chi connectivity index (χ1n) is 9.96. The average Bonchev–Trinajstić information content (AvgIpc) is 2.79. The van der Waals surface area contributed by atoms with E-state index in [4.69, 9.17) is 4.74 Å². The van der Waals surface area contributed by atoms with Gasteiger partial charge in [-0.1, -0.05) is 43.3 Å². The number of aryl methyl sites for hydroxylation is 1. The van der Waals surface area contributed by atoms with Gasteiger partial charge >= 0.3 is 0 Å². The van der Waals surface area contributed by atoms with Crippen LogP contribution in [0.1, 0.15) is 23.0 Å². The lowest BCUT2D eigenvalue weighted by atomic mass is 10.1. The molecule has 31 heavy (non-hydrogen) atoms. The number of rotatable bonds is 6. The van der Waals surface area contributed by atoms with Crippen LogP contribution in [0.4, 0.5) is 5.69 Å². The number of H-pyrrole nitrogens is 1. The number of hydrogen-bond acceptors (Lipinski definition) is 4. The molecule has 6 heteroatoms. The van der Waals surface area contributed by atoms with E-state index in [0.29, 0.717) is 46.3 Å². The Morgan fingerprint density at radius 2 is 1.71 bits per heavy atom. The number of ether oxygens (including phenoxy) is 1. The molecular weight excluding hydrogens is 390 g/mol. The van der Waals surface area contributed by atoms with Crippen molar-refractivity contribution in [3.05, 3.63) is 107 Å². The topological polar surface area (TPSA) is 84.1 Å². The van der Waals surface area contributed by atoms with Crippen molar-refractivity contribution in [2.75, 3.05) is 5.32 Å². The standard InChI is InChI=1S/C25H21N3O3/c1-2-19-16-23(29)28-24(26-19)17-8-6-10-20(14-17)27-25(30)18-9-7-13-22(15-18)31-21-11-4-3-5-12-21/h3-16H,2H2,1H3,(H,27,30)(H,26,28,29). The summed E-state index contributed by atoms with van der Waals surface area (Å²) in [7, 11) is 0. The Kier molecular flexibility index (Phi) is 5.89. The number of hydrogen-bond donors (Lipinski definition) is 2. The quantitative estimate of drug-likeness (QED) is 0.465. The van der Waals surface area contributed by atoms with Gasteiger partial charge in [0.15, 0.2) is 0 Å². The normalized spacial score (nSPS) is 10.5. The van der Waals surface area contributed by atoms with Crippen LogP contribution in [0.15, 0.2) is 89.7 Å². The van der Waals surface area contributed by atoms with Gasteiger partial charge in [-0.3, -0.25) is 9.59 Å². The second kappa shape index (κ2) is 9.09.